The minimum Gasteiger partial charge on any atom is -0.458 e. The Kier molecular flexibility index (Phi) is 15.2. The van der Waals surface area contributed by atoms with Gasteiger partial charge in [-0.2, -0.15) is 16.9 Å². The molecule has 0 aromatic rings. The van der Waals surface area contributed by atoms with Crippen LogP contribution in [0.4, 0.5) is 4.79 Å². The number of aliphatic hydroxyl groups is 6. The number of nitrogens with zero attached hydrogens (tertiary/aromatic N) is 1. The number of thioether (sulfide) groups is 1. The van der Waals surface area contributed by atoms with Gasteiger partial charge in [0, 0.05) is 59.9 Å². The van der Waals surface area contributed by atoms with Gasteiger partial charge in [0.2, 0.25) is 11.8 Å². The number of aliphatic hydroxyl groups excluding tert-OH is 4. The van der Waals surface area contributed by atoms with E-state index in [1.807, 2.05) is 18.7 Å². The molecule has 8 aliphatic rings. The summed E-state index contributed by atoms with van der Waals surface area (Å²) in [5.74, 6) is -0.763. The van der Waals surface area contributed by atoms with Crippen molar-refractivity contribution in [2.24, 2.45) is 33.7 Å². The number of unbranched alkanes of at least 4 members (excludes halogenated alkanes) is 5. The molecule has 0 spiro atoms. The second-order valence-electron chi connectivity index (χ2n) is 20.9. The number of carbonyl (C=O) groups excluding carboxylic acids is 4. The lowest BCUT2D eigenvalue weighted by atomic mass is 9.41. The third-order valence-electron chi connectivity index (χ3n) is 17.3. The number of carbonyl (C=O) groups is 4. The van der Waals surface area contributed by atoms with Crippen LogP contribution in [0, 0.1) is 28.6 Å². The summed E-state index contributed by atoms with van der Waals surface area (Å²) in [6.07, 6.45) is 5.53. The number of urea groups is 1. The number of nitrogens with one attached hydrogen (secondary N) is 4. The highest BCUT2D eigenvalue weighted by Gasteiger charge is 2.73. The summed E-state index contributed by atoms with van der Waals surface area (Å²) in [7, 11) is 0. The van der Waals surface area contributed by atoms with Crippen molar-refractivity contribution in [3.8, 4) is 0 Å². The van der Waals surface area contributed by atoms with E-state index in [0.717, 1.165) is 56.3 Å². The highest BCUT2D eigenvalue weighted by Crippen LogP contribution is 2.70. The normalized spacial score (nSPS) is 43.8. The van der Waals surface area contributed by atoms with Gasteiger partial charge in [-0.15, -0.1) is 0 Å². The third kappa shape index (κ3) is 9.42. The SMILES string of the molecule is C[C@H]1O[C@@H](O[C@H]2CC[C@]3(/C=N/NC(=O)CCCCCCCNC(=O)CCCC[C@@H]4SC[C@@H]5NC(=O)N[C@@H]54)[C@H]4C[C@@H](O)[C@]5(C)[C@@H](C6=CC(=O)OC6)CC[C@]5(O)[C@@H]4CC[C@]3(O)C2)[C@H](O)[C@H](O)[C@H]1O. The van der Waals surface area contributed by atoms with E-state index in [9.17, 15) is 49.8 Å². The Hall–Kier alpha value is -2.88. The zero-order chi connectivity index (χ0) is 47.0. The first-order valence-corrected chi connectivity index (χ1v) is 25.7. The van der Waals surface area contributed by atoms with Crippen molar-refractivity contribution in [3.63, 3.8) is 0 Å². The summed E-state index contributed by atoms with van der Waals surface area (Å²) < 4.78 is 17.2. The summed E-state index contributed by atoms with van der Waals surface area (Å²) in [5.41, 5.74) is -1.39. The standard InChI is InChI=1S/C47H73N5O13S/c1-26-39(57)40(58)41(59)42(64-26)65-28-13-16-45(31-21-34(53)44(2)29(27-20-37(56)63-23-27)15-18-47(44,62)30(31)14-17-46(45,61)22-28)25-49-52-36(55)12-6-4-3-5-9-19-48-35(54)11-8-7-10-33-38-32(24-66-33)50-43(60)51-38/h20,25-26,28-34,38-42,53,57-59,61-62H,3-19,21-24H2,1-2H3,(H,48,54)(H,52,55)(H2,50,51,60)/b49-25+/t26-,28+,29-,30-,31+,32+,33+,34-,38+,39+,40-,41-,42+,44+,45+,46+,47+/m1/s1. The van der Waals surface area contributed by atoms with Crippen LogP contribution >= 0.6 is 11.8 Å². The van der Waals surface area contributed by atoms with Crippen LogP contribution in [0.3, 0.4) is 0 Å². The lowest BCUT2D eigenvalue weighted by molar-refractivity contribution is -0.317. The molecule has 370 valence electrons. The quantitative estimate of drug-likeness (QED) is 0.0235. The predicted molar refractivity (Wildman–Crippen MR) is 241 cm³/mol. The first-order valence-electron chi connectivity index (χ1n) is 24.6. The highest BCUT2D eigenvalue weighted by molar-refractivity contribution is 8.00. The van der Waals surface area contributed by atoms with Gasteiger partial charge in [0.25, 0.3) is 0 Å². The van der Waals surface area contributed by atoms with Gasteiger partial charge in [-0.3, -0.25) is 9.59 Å². The molecule has 7 fully saturated rings. The van der Waals surface area contributed by atoms with Crippen molar-refractivity contribution in [2.45, 2.75) is 201 Å². The summed E-state index contributed by atoms with van der Waals surface area (Å²) >= 11 is 1.89. The van der Waals surface area contributed by atoms with Gasteiger partial charge >= 0.3 is 12.0 Å². The molecule has 8 rings (SSSR count). The molecule has 19 heteroatoms. The van der Waals surface area contributed by atoms with Crippen LogP contribution in [-0.2, 0) is 28.6 Å². The average molecular weight is 948 g/mol. The van der Waals surface area contributed by atoms with Crippen molar-refractivity contribution in [1.29, 1.82) is 0 Å². The average Bonchev–Trinajstić information content (AvgIpc) is 4.05. The molecule has 4 saturated carbocycles. The largest absolute Gasteiger partial charge is 0.458 e. The third-order valence-corrected chi connectivity index (χ3v) is 18.8. The summed E-state index contributed by atoms with van der Waals surface area (Å²) in [4.78, 5) is 49.2. The molecule has 17 atom stereocenters. The maximum atomic E-state index is 13.1. The second kappa shape index (κ2) is 20.2. The van der Waals surface area contributed by atoms with E-state index < -0.39 is 76.8 Å². The molecule has 3 saturated heterocycles. The van der Waals surface area contributed by atoms with E-state index in [2.05, 4.69) is 26.5 Å². The number of cyclic esters (lactones) is 1. The van der Waals surface area contributed by atoms with E-state index in [1.165, 1.54) is 6.08 Å². The smallest absolute Gasteiger partial charge is 0.331 e. The van der Waals surface area contributed by atoms with Crippen LogP contribution in [-0.4, -0.2) is 151 Å². The fraction of sp³-hybridized carbons (Fsp3) is 0.851. The number of hydrogen-bond donors (Lipinski definition) is 10. The first-order chi connectivity index (χ1) is 31.5. The minimum atomic E-state index is -1.51. The summed E-state index contributed by atoms with van der Waals surface area (Å²) in [6.45, 7) is 4.23. The highest BCUT2D eigenvalue weighted by atomic mass is 32.2. The number of esters is 1. The topological polar surface area (TPSA) is 278 Å². The van der Waals surface area contributed by atoms with Crippen molar-refractivity contribution < 1.29 is 64.0 Å². The Morgan fingerprint density at radius 1 is 0.924 bits per heavy atom. The van der Waals surface area contributed by atoms with Crippen molar-refractivity contribution in [3.05, 3.63) is 11.6 Å². The van der Waals surface area contributed by atoms with Gasteiger partial charge in [0.1, 0.15) is 24.9 Å². The Morgan fingerprint density at radius 3 is 2.47 bits per heavy atom. The molecule has 0 aromatic heterocycles. The molecular formula is C47H73N5O13S. The number of amides is 4. The molecule has 0 bridgehead atoms. The Bertz CT molecular complexity index is 1860. The minimum absolute atomic E-state index is 0.0570. The van der Waals surface area contributed by atoms with Gasteiger partial charge in [-0.1, -0.05) is 32.6 Å². The molecule has 4 heterocycles. The number of fused-ring (bicyclic) bond motifs is 6. The molecular weight excluding hydrogens is 875 g/mol. The Balaban J connectivity index is 0.830. The van der Waals surface area contributed by atoms with Crippen LogP contribution < -0.4 is 21.4 Å². The second-order valence-corrected chi connectivity index (χ2v) is 22.2. The van der Waals surface area contributed by atoms with Crippen molar-refractivity contribution in [1.82, 2.24) is 21.4 Å². The van der Waals surface area contributed by atoms with Crippen molar-refractivity contribution in [2.75, 3.05) is 18.9 Å². The summed E-state index contributed by atoms with van der Waals surface area (Å²) in [5, 5.41) is 83.2. The number of hydrazone groups is 1. The number of hydrogen-bond acceptors (Lipinski definition) is 15. The van der Waals surface area contributed by atoms with E-state index in [1.54, 1.807) is 13.1 Å². The van der Waals surface area contributed by atoms with Crippen molar-refractivity contribution >= 4 is 41.8 Å². The summed E-state index contributed by atoms with van der Waals surface area (Å²) in [6, 6.07) is 0.315. The fourth-order valence-corrected chi connectivity index (χ4v) is 15.1. The van der Waals surface area contributed by atoms with E-state index in [4.69, 9.17) is 14.2 Å². The molecule has 10 N–H and O–H groups in total. The van der Waals surface area contributed by atoms with Crippen LogP contribution in [0.15, 0.2) is 16.8 Å². The lowest BCUT2D eigenvalue weighted by Gasteiger charge is -2.66. The van der Waals surface area contributed by atoms with Gasteiger partial charge in [-0.25, -0.2) is 15.0 Å². The zero-order valence-corrected chi connectivity index (χ0v) is 39.2. The number of ether oxygens (including phenoxy) is 3. The monoisotopic (exact) mass is 947 g/mol. The van der Waals surface area contributed by atoms with Gasteiger partial charge < -0.3 is 60.8 Å². The number of rotatable bonds is 18. The molecule has 18 nitrogen and oxygen atoms in total. The van der Waals surface area contributed by atoms with Crippen LogP contribution in [0.5, 0.6) is 0 Å². The zero-order valence-electron chi connectivity index (χ0n) is 38.4. The molecule has 0 radical (unpaired) electrons. The molecule has 4 aliphatic carbocycles. The molecule has 4 aliphatic heterocycles. The van der Waals surface area contributed by atoms with Gasteiger partial charge in [-0.05, 0) is 101 Å². The molecule has 0 aromatic carbocycles. The van der Waals surface area contributed by atoms with Gasteiger partial charge in [0.15, 0.2) is 6.29 Å². The van der Waals surface area contributed by atoms with Crippen LogP contribution in [0.1, 0.15) is 129 Å². The molecule has 4 amide bonds. The Morgan fingerprint density at radius 2 is 1.68 bits per heavy atom. The predicted octanol–water partition coefficient (Wildman–Crippen LogP) is 1.81. The molecule has 66 heavy (non-hydrogen) atoms. The Labute approximate surface area is 391 Å². The van der Waals surface area contributed by atoms with Crippen LogP contribution in [0.25, 0.3) is 0 Å². The maximum Gasteiger partial charge on any atom is 0.331 e. The lowest BCUT2D eigenvalue weighted by Crippen LogP contribution is -2.71. The van der Waals surface area contributed by atoms with E-state index in [0.29, 0.717) is 56.7 Å². The van der Waals surface area contributed by atoms with E-state index in [-0.39, 0.29) is 74.1 Å². The van der Waals surface area contributed by atoms with E-state index >= 15 is 0 Å². The van der Waals surface area contributed by atoms with Crippen LogP contribution in [0.2, 0.25) is 0 Å². The maximum absolute atomic E-state index is 13.1. The van der Waals surface area contributed by atoms with Gasteiger partial charge in [0.05, 0.1) is 41.6 Å². The first kappa shape index (κ1) is 49.5. The molecule has 0 unspecified atom stereocenters. The fourth-order valence-electron chi connectivity index (χ4n) is 13.6.